The quantitative estimate of drug-likeness (QED) is 0.867. The van der Waals surface area contributed by atoms with E-state index < -0.39 is 30.3 Å². The largest absolute Gasteiger partial charge is 0.573 e. The molecule has 2 aromatic rings. The van der Waals surface area contributed by atoms with Crippen LogP contribution in [0, 0.1) is 5.82 Å². The predicted molar refractivity (Wildman–Crippen MR) is 69.9 cm³/mol. The van der Waals surface area contributed by atoms with Gasteiger partial charge in [-0.3, -0.25) is 4.79 Å². The summed E-state index contributed by atoms with van der Waals surface area (Å²) in [5.74, 6) is -2.39. The van der Waals surface area contributed by atoms with Crippen LogP contribution in [0.2, 0.25) is 0 Å². The van der Waals surface area contributed by atoms with Crippen molar-refractivity contribution in [1.29, 1.82) is 0 Å². The maximum atomic E-state index is 13.6. The van der Waals surface area contributed by atoms with E-state index in [4.69, 9.17) is 5.11 Å². The molecule has 2 rings (SSSR count). The van der Waals surface area contributed by atoms with Crippen molar-refractivity contribution in [1.82, 2.24) is 0 Å². The summed E-state index contributed by atoms with van der Waals surface area (Å²) >= 11 is 0. The van der Waals surface area contributed by atoms with Crippen molar-refractivity contribution in [3.05, 3.63) is 53.8 Å². The Labute approximate surface area is 122 Å². The third-order valence-electron chi connectivity index (χ3n) is 2.74. The molecule has 0 aliphatic carbocycles. The minimum Gasteiger partial charge on any atom is -0.481 e. The SMILES string of the molecule is O=C(O)Cc1cc(F)cc(-c2ccccc2OC(F)(F)F)c1. The van der Waals surface area contributed by atoms with Crippen LogP contribution in [0.1, 0.15) is 5.56 Å². The average Bonchev–Trinajstić information content (AvgIpc) is 2.35. The van der Waals surface area contributed by atoms with Crippen LogP contribution in [-0.2, 0) is 11.2 Å². The average molecular weight is 314 g/mol. The summed E-state index contributed by atoms with van der Waals surface area (Å²) in [4.78, 5) is 10.7. The first-order valence-electron chi connectivity index (χ1n) is 6.11. The summed E-state index contributed by atoms with van der Waals surface area (Å²) in [6.07, 6.45) is -5.32. The van der Waals surface area contributed by atoms with Crippen molar-refractivity contribution in [2.24, 2.45) is 0 Å². The van der Waals surface area contributed by atoms with Crippen LogP contribution in [-0.4, -0.2) is 17.4 Å². The maximum Gasteiger partial charge on any atom is 0.573 e. The number of ether oxygens (including phenoxy) is 1. The molecule has 0 bridgehead atoms. The minimum absolute atomic E-state index is 0.0194. The predicted octanol–water partition coefficient (Wildman–Crippen LogP) is 4.02. The molecule has 116 valence electrons. The van der Waals surface area contributed by atoms with E-state index >= 15 is 0 Å². The number of carboxylic acids is 1. The van der Waals surface area contributed by atoms with Gasteiger partial charge in [0.2, 0.25) is 0 Å². The first-order valence-corrected chi connectivity index (χ1v) is 6.11. The van der Waals surface area contributed by atoms with Gasteiger partial charge in [0, 0.05) is 5.56 Å². The number of benzene rings is 2. The lowest BCUT2D eigenvalue weighted by atomic mass is 10.0. The number of halogens is 4. The molecule has 0 saturated heterocycles. The molecule has 3 nitrogen and oxygen atoms in total. The highest BCUT2D eigenvalue weighted by molar-refractivity contribution is 5.74. The highest BCUT2D eigenvalue weighted by Gasteiger charge is 2.32. The number of aliphatic carboxylic acids is 1. The molecule has 0 saturated carbocycles. The Morgan fingerprint density at radius 3 is 2.45 bits per heavy atom. The van der Waals surface area contributed by atoms with Crippen LogP contribution in [0.5, 0.6) is 5.75 Å². The molecular weight excluding hydrogens is 304 g/mol. The van der Waals surface area contributed by atoms with Gasteiger partial charge in [0.1, 0.15) is 11.6 Å². The number of hydrogen-bond donors (Lipinski definition) is 1. The summed E-state index contributed by atoms with van der Waals surface area (Å²) in [7, 11) is 0. The molecule has 0 aromatic heterocycles. The molecule has 0 amide bonds. The van der Waals surface area contributed by atoms with E-state index in [0.29, 0.717) is 0 Å². The molecule has 7 heteroatoms. The van der Waals surface area contributed by atoms with E-state index in [1.54, 1.807) is 0 Å². The normalized spacial score (nSPS) is 11.3. The van der Waals surface area contributed by atoms with Gasteiger partial charge in [0.05, 0.1) is 6.42 Å². The zero-order valence-electron chi connectivity index (χ0n) is 11.0. The van der Waals surface area contributed by atoms with Gasteiger partial charge in [-0.25, -0.2) is 4.39 Å². The van der Waals surface area contributed by atoms with Crippen LogP contribution in [0.25, 0.3) is 11.1 Å². The Kier molecular flexibility index (Phi) is 4.35. The number of para-hydroxylation sites is 1. The Morgan fingerprint density at radius 1 is 1.14 bits per heavy atom. The molecule has 0 aliphatic rings. The number of carboxylic acid groups (broad SMARTS) is 1. The zero-order chi connectivity index (χ0) is 16.3. The summed E-state index contributed by atoms with van der Waals surface area (Å²) in [6.45, 7) is 0. The summed E-state index contributed by atoms with van der Waals surface area (Å²) in [6, 6.07) is 8.61. The highest BCUT2D eigenvalue weighted by Crippen LogP contribution is 2.34. The van der Waals surface area contributed by atoms with Gasteiger partial charge in [-0.1, -0.05) is 24.3 Å². The van der Waals surface area contributed by atoms with Crippen LogP contribution < -0.4 is 4.74 Å². The van der Waals surface area contributed by atoms with E-state index in [9.17, 15) is 22.4 Å². The van der Waals surface area contributed by atoms with Crippen molar-refractivity contribution in [2.45, 2.75) is 12.8 Å². The Balaban J connectivity index is 2.48. The first kappa shape index (κ1) is 15.8. The maximum absolute atomic E-state index is 13.6. The summed E-state index contributed by atoms with van der Waals surface area (Å²) in [5, 5.41) is 8.73. The van der Waals surface area contributed by atoms with Gasteiger partial charge in [0.25, 0.3) is 0 Å². The second kappa shape index (κ2) is 6.05. The van der Waals surface area contributed by atoms with E-state index in [1.165, 1.54) is 24.3 Å². The monoisotopic (exact) mass is 314 g/mol. The van der Waals surface area contributed by atoms with Crippen molar-refractivity contribution in [2.75, 3.05) is 0 Å². The fourth-order valence-corrected chi connectivity index (χ4v) is 2.00. The molecule has 0 heterocycles. The lowest BCUT2D eigenvalue weighted by Gasteiger charge is -2.14. The van der Waals surface area contributed by atoms with E-state index in [-0.39, 0.29) is 16.7 Å². The third-order valence-corrected chi connectivity index (χ3v) is 2.74. The lowest BCUT2D eigenvalue weighted by Crippen LogP contribution is -2.17. The Morgan fingerprint density at radius 2 is 1.82 bits per heavy atom. The van der Waals surface area contributed by atoms with Crippen molar-refractivity contribution in [3.63, 3.8) is 0 Å². The molecule has 0 aliphatic heterocycles. The molecule has 0 spiro atoms. The minimum atomic E-state index is -4.88. The molecule has 0 atom stereocenters. The van der Waals surface area contributed by atoms with Gasteiger partial charge in [0.15, 0.2) is 0 Å². The lowest BCUT2D eigenvalue weighted by molar-refractivity contribution is -0.274. The highest BCUT2D eigenvalue weighted by atomic mass is 19.4. The van der Waals surface area contributed by atoms with Crippen LogP contribution in [0.3, 0.4) is 0 Å². The van der Waals surface area contributed by atoms with Crippen molar-refractivity contribution < 1.29 is 32.2 Å². The fourth-order valence-electron chi connectivity index (χ4n) is 2.00. The van der Waals surface area contributed by atoms with Crippen LogP contribution in [0.4, 0.5) is 17.6 Å². The van der Waals surface area contributed by atoms with Crippen molar-refractivity contribution >= 4 is 5.97 Å². The number of carbonyl (C=O) groups is 1. The third kappa shape index (κ3) is 4.21. The van der Waals surface area contributed by atoms with E-state index in [0.717, 1.165) is 18.2 Å². The van der Waals surface area contributed by atoms with E-state index in [2.05, 4.69) is 4.74 Å². The second-order valence-electron chi connectivity index (χ2n) is 4.46. The second-order valence-corrected chi connectivity index (χ2v) is 4.46. The van der Waals surface area contributed by atoms with Crippen LogP contribution >= 0.6 is 0 Å². The molecule has 22 heavy (non-hydrogen) atoms. The smallest absolute Gasteiger partial charge is 0.481 e. The molecule has 1 N–H and O–H groups in total. The Bertz CT molecular complexity index is 695. The molecule has 0 fully saturated rings. The molecular formula is C15H10F4O3. The van der Waals surface area contributed by atoms with E-state index in [1.807, 2.05) is 0 Å². The molecule has 0 unspecified atom stereocenters. The Hall–Kier alpha value is -2.57. The fraction of sp³-hybridized carbons (Fsp3) is 0.133. The zero-order valence-corrected chi connectivity index (χ0v) is 11.0. The first-order chi connectivity index (χ1) is 10.2. The standard InChI is InChI=1S/C15H10F4O3/c16-11-6-9(7-14(20)21)5-10(8-11)12-3-1-2-4-13(12)22-15(17,18)19/h1-6,8H,7H2,(H,20,21). The van der Waals surface area contributed by atoms with Crippen LogP contribution in [0.15, 0.2) is 42.5 Å². The topological polar surface area (TPSA) is 46.5 Å². The van der Waals surface area contributed by atoms with Crippen molar-refractivity contribution in [3.8, 4) is 16.9 Å². The van der Waals surface area contributed by atoms with Gasteiger partial charge in [-0.2, -0.15) is 0 Å². The summed E-state index contributed by atoms with van der Waals surface area (Å²) < 4.78 is 54.7. The van der Waals surface area contributed by atoms with Gasteiger partial charge in [-0.15, -0.1) is 13.2 Å². The van der Waals surface area contributed by atoms with Gasteiger partial charge in [-0.05, 0) is 29.3 Å². The summed E-state index contributed by atoms with van der Waals surface area (Å²) in [5.41, 5.74) is 0.270. The number of rotatable bonds is 4. The molecule has 2 aromatic carbocycles. The number of hydrogen-bond acceptors (Lipinski definition) is 2. The molecule has 0 radical (unpaired) electrons. The van der Waals surface area contributed by atoms with Gasteiger partial charge < -0.3 is 9.84 Å². The number of alkyl halides is 3. The van der Waals surface area contributed by atoms with Gasteiger partial charge >= 0.3 is 12.3 Å².